The van der Waals surface area contributed by atoms with Crippen LogP contribution in [0.1, 0.15) is 0 Å². The highest BCUT2D eigenvalue weighted by Crippen LogP contribution is 2.19. The maximum absolute atomic E-state index is 5.65. The van der Waals surface area contributed by atoms with Gasteiger partial charge in [-0.25, -0.2) is 9.67 Å². The van der Waals surface area contributed by atoms with Crippen molar-refractivity contribution in [2.45, 2.75) is 0 Å². The molecule has 7 nitrogen and oxygen atoms in total. The summed E-state index contributed by atoms with van der Waals surface area (Å²) in [6.07, 6.45) is 6.74. The molecule has 0 radical (unpaired) electrons. The summed E-state index contributed by atoms with van der Waals surface area (Å²) in [5.74, 6) is 0.987. The van der Waals surface area contributed by atoms with Crippen LogP contribution in [0.4, 0.5) is 5.82 Å². The van der Waals surface area contributed by atoms with Gasteiger partial charge in [-0.3, -0.25) is 4.40 Å². The zero-order valence-corrected chi connectivity index (χ0v) is 9.53. The van der Waals surface area contributed by atoms with E-state index in [9.17, 15) is 0 Å². The predicted molar refractivity (Wildman–Crippen MR) is 60.0 cm³/mol. The van der Waals surface area contributed by atoms with Crippen molar-refractivity contribution in [1.82, 2.24) is 29.4 Å². The van der Waals surface area contributed by atoms with Gasteiger partial charge in [-0.2, -0.15) is 0 Å². The molecule has 8 heteroatoms. The summed E-state index contributed by atoms with van der Waals surface area (Å²) in [5.41, 5.74) is 6.27. The maximum Gasteiger partial charge on any atom is 0.205 e. The number of nitrogen functional groups attached to an aromatic ring is 1. The number of rotatable bonds is 1. The second kappa shape index (κ2) is 3.27. The van der Waals surface area contributed by atoms with E-state index >= 15 is 0 Å². The van der Waals surface area contributed by atoms with Crippen LogP contribution < -0.4 is 5.73 Å². The fourth-order valence-electron chi connectivity index (χ4n) is 1.38. The Morgan fingerprint density at radius 1 is 1.38 bits per heavy atom. The molecule has 0 aliphatic heterocycles. The molecule has 0 saturated carbocycles. The van der Waals surface area contributed by atoms with Crippen LogP contribution >= 0.6 is 15.9 Å². The van der Waals surface area contributed by atoms with E-state index in [4.69, 9.17) is 5.73 Å². The van der Waals surface area contributed by atoms with Gasteiger partial charge in [0.1, 0.15) is 6.33 Å². The third-order valence-electron chi connectivity index (χ3n) is 2.11. The van der Waals surface area contributed by atoms with Gasteiger partial charge in [-0.15, -0.1) is 15.3 Å². The van der Waals surface area contributed by atoms with E-state index in [1.165, 1.54) is 0 Å². The molecule has 0 atom stereocenters. The summed E-state index contributed by atoms with van der Waals surface area (Å²) in [4.78, 5) is 4.20. The standard InChI is InChI=1S/C8H6BrN7/c9-5-3-16(14-6(5)10)7-8-13-12-4-15(8)2-1-11-7/h1-4H,(H2,10,14). The molecule has 0 unspecified atom stereocenters. The number of anilines is 1. The van der Waals surface area contributed by atoms with Gasteiger partial charge in [0.2, 0.25) is 5.65 Å². The first-order chi connectivity index (χ1) is 7.75. The van der Waals surface area contributed by atoms with Crippen LogP contribution in [0, 0.1) is 0 Å². The average molecular weight is 280 g/mol. The molecular weight excluding hydrogens is 274 g/mol. The zero-order valence-electron chi connectivity index (χ0n) is 7.95. The lowest BCUT2D eigenvalue weighted by Gasteiger charge is -2.00. The number of halogens is 1. The van der Waals surface area contributed by atoms with Crippen LogP contribution in [0.15, 0.2) is 29.4 Å². The largest absolute Gasteiger partial charge is 0.381 e. The summed E-state index contributed by atoms with van der Waals surface area (Å²) >= 11 is 3.29. The molecule has 0 bridgehead atoms. The molecule has 3 heterocycles. The van der Waals surface area contributed by atoms with E-state index in [0.717, 1.165) is 4.47 Å². The number of nitrogens with two attached hydrogens (primary N) is 1. The fraction of sp³-hybridized carbons (Fsp3) is 0. The van der Waals surface area contributed by atoms with Crippen molar-refractivity contribution in [1.29, 1.82) is 0 Å². The van der Waals surface area contributed by atoms with Gasteiger partial charge in [0.15, 0.2) is 11.6 Å². The first kappa shape index (κ1) is 9.28. The van der Waals surface area contributed by atoms with Gasteiger partial charge in [0.25, 0.3) is 0 Å². The number of aromatic nitrogens is 6. The van der Waals surface area contributed by atoms with Crippen molar-refractivity contribution in [3.8, 4) is 5.82 Å². The fourth-order valence-corrected chi connectivity index (χ4v) is 1.65. The van der Waals surface area contributed by atoms with Crippen molar-refractivity contribution >= 4 is 27.4 Å². The molecule has 0 aliphatic carbocycles. The molecule has 0 fully saturated rings. The molecule has 3 aromatic rings. The van der Waals surface area contributed by atoms with Crippen molar-refractivity contribution in [3.63, 3.8) is 0 Å². The molecule has 0 spiro atoms. The molecule has 0 saturated heterocycles. The van der Waals surface area contributed by atoms with E-state index < -0.39 is 0 Å². The van der Waals surface area contributed by atoms with Gasteiger partial charge in [0.05, 0.1) is 4.47 Å². The third kappa shape index (κ3) is 1.27. The molecule has 3 aromatic heterocycles. The molecule has 80 valence electrons. The highest BCUT2D eigenvalue weighted by atomic mass is 79.9. The summed E-state index contributed by atoms with van der Waals surface area (Å²) in [6.45, 7) is 0. The predicted octanol–water partition coefficient (Wildman–Crippen LogP) is 0.655. The van der Waals surface area contributed by atoms with Crippen molar-refractivity contribution < 1.29 is 0 Å². The Bertz CT molecular complexity index is 636. The highest BCUT2D eigenvalue weighted by molar-refractivity contribution is 9.10. The Kier molecular flexibility index (Phi) is 1.90. The van der Waals surface area contributed by atoms with Crippen molar-refractivity contribution in [2.24, 2.45) is 0 Å². The number of fused-ring (bicyclic) bond motifs is 1. The zero-order chi connectivity index (χ0) is 11.1. The second-order valence-electron chi connectivity index (χ2n) is 3.12. The molecular formula is C8H6BrN7. The van der Waals surface area contributed by atoms with E-state index in [-0.39, 0.29) is 0 Å². The van der Waals surface area contributed by atoms with Gasteiger partial charge in [0, 0.05) is 18.6 Å². The Morgan fingerprint density at radius 2 is 2.25 bits per heavy atom. The minimum Gasteiger partial charge on any atom is -0.381 e. The molecule has 2 N–H and O–H groups in total. The molecule has 0 aliphatic rings. The lowest BCUT2D eigenvalue weighted by Crippen LogP contribution is -2.02. The van der Waals surface area contributed by atoms with Crippen LogP contribution in [0.25, 0.3) is 11.5 Å². The average Bonchev–Trinajstić information content (AvgIpc) is 2.85. The maximum atomic E-state index is 5.65. The number of hydrogen-bond donors (Lipinski definition) is 1. The highest BCUT2D eigenvalue weighted by Gasteiger charge is 2.10. The van der Waals surface area contributed by atoms with E-state index in [0.29, 0.717) is 17.3 Å². The SMILES string of the molecule is Nc1nn(-c2nccn3cnnc23)cc1Br. The van der Waals surface area contributed by atoms with Gasteiger partial charge >= 0.3 is 0 Å². The van der Waals surface area contributed by atoms with Gasteiger partial charge < -0.3 is 5.73 Å². The smallest absolute Gasteiger partial charge is 0.205 e. The first-order valence-electron chi connectivity index (χ1n) is 4.41. The summed E-state index contributed by atoms with van der Waals surface area (Å²) in [7, 11) is 0. The second-order valence-corrected chi connectivity index (χ2v) is 3.97. The normalized spacial score (nSPS) is 11.1. The van der Waals surface area contributed by atoms with Crippen LogP contribution in [-0.4, -0.2) is 29.4 Å². The Labute approximate surface area is 98.0 Å². The number of hydrogen-bond acceptors (Lipinski definition) is 5. The van der Waals surface area contributed by atoms with E-state index in [2.05, 4.69) is 36.2 Å². The molecule has 0 amide bonds. The Morgan fingerprint density at radius 3 is 3.00 bits per heavy atom. The van der Waals surface area contributed by atoms with Gasteiger partial charge in [-0.05, 0) is 15.9 Å². The van der Waals surface area contributed by atoms with E-state index in [1.54, 1.807) is 34.0 Å². The Hall–Kier alpha value is -1.96. The van der Waals surface area contributed by atoms with Crippen LogP contribution in [0.3, 0.4) is 0 Å². The minimum absolute atomic E-state index is 0.406. The monoisotopic (exact) mass is 279 g/mol. The van der Waals surface area contributed by atoms with Crippen LogP contribution in [0.5, 0.6) is 0 Å². The molecule has 16 heavy (non-hydrogen) atoms. The topological polar surface area (TPSA) is 86.9 Å². The van der Waals surface area contributed by atoms with Crippen molar-refractivity contribution in [3.05, 3.63) is 29.4 Å². The summed E-state index contributed by atoms with van der Waals surface area (Å²) < 4.78 is 4.04. The lowest BCUT2D eigenvalue weighted by atomic mass is 10.6. The van der Waals surface area contributed by atoms with Crippen LogP contribution in [-0.2, 0) is 0 Å². The Balaban J connectivity index is 2.29. The van der Waals surface area contributed by atoms with Gasteiger partial charge in [-0.1, -0.05) is 0 Å². The lowest BCUT2D eigenvalue weighted by molar-refractivity contribution is 0.845. The van der Waals surface area contributed by atoms with Crippen LogP contribution in [0.2, 0.25) is 0 Å². The first-order valence-corrected chi connectivity index (χ1v) is 5.20. The van der Waals surface area contributed by atoms with E-state index in [1.807, 2.05) is 0 Å². The third-order valence-corrected chi connectivity index (χ3v) is 2.72. The molecule has 0 aromatic carbocycles. The summed E-state index contributed by atoms with van der Waals surface area (Å²) in [5, 5.41) is 11.9. The minimum atomic E-state index is 0.406. The summed E-state index contributed by atoms with van der Waals surface area (Å²) in [6, 6.07) is 0. The molecule has 3 rings (SSSR count). The van der Waals surface area contributed by atoms with Crippen molar-refractivity contribution in [2.75, 3.05) is 5.73 Å². The number of nitrogens with zero attached hydrogens (tertiary/aromatic N) is 6. The quantitative estimate of drug-likeness (QED) is 0.707.